The van der Waals surface area contributed by atoms with Crippen molar-refractivity contribution in [2.75, 3.05) is 0 Å². The van der Waals surface area contributed by atoms with Crippen LogP contribution in [0.3, 0.4) is 0 Å². The van der Waals surface area contributed by atoms with Crippen LogP contribution in [0.25, 0.3) is 0 Å². The number of nitrogens with zero attached hydrogens (tertiary/aromatic N) is 1. The van der Waals surface area contributed by atoms with Crippen LogP contribution in [0.4, 0.5) is 0 Å². The molecule has 0 unspecified atom stereocenters. The van der Waals surface area contributed by atoms with Gasteiger partial charge in [0.25, 0.3) is 0 Å². The maximum Gasteiger partial charge on any atom is 0.0794 e. The third kappa shape index (κ3) is 3.51. The molecular formula is C9H14NS. The van der Waals surface area contributed by atoms with Gasteiger partial charge in [0, 0.05) is 5.38 Å². The molecule has 0 saturated carbocycles. The summed E-state index contributed by atoms with van der Waals surface area (Å²) in [5.41, 5.74) is 3.15. The van der Waals surface area contributed by atoms with Gasteiger partial charge in [0.1, 0.15) is 0 Å². The van der Waals surface area contributed by atoms with Gasteiger partial charge in [-0.25, -0.2) is 4.98 Å². The van der Waals surface area contributed by atoms with Crippen LogP contribution in [0.1, 0.15) is 31.4 Å². The van der Waals surface area contributed by atoms with E-state index in [0.717, 1.165) is 12.8 Å². The smallest absolute Gasteiger partial charge is 0.0794 e. The molecule has 11 heavy (non-hydrogen) atoms. The van der Waals surface area contributed by atoms with Gasteiger partial charge in [0.15, 0.2) is 0 Å². The second-order valence-electron chi connectivity index (χ2n) is 2.64. The van der Waals surface area contributed by atoms with Crippen LogP contribution < -0.4 is 0 Å². The van der Waals surface area contributed by atoms with E-state index >= 15 is 0 Å². The molecule has 1 rings (SSSR count). The van der Waals surface area contributed by atoms with Crippen molar-refractivity contribution in [1.29, 1.82) is 0 Å². The van der Waals surface area contributed by atoms with Gasteiger partial charge >= 0.3 is 0 Å². The van der Waals surface area contributed by atoms with Crippen molar-refractivity contribution >= 4 is 11.3 Å². The van der Waals surface area contributed by atoms with E-state index in [0.29, 0.717) is 0 Å². The van der Waals surface area contributed by atoms with E-state index in [2.05, 4.69) is 17.3 Å². The number of aryl methyl sites for hydroxylation is 1. The summed E-state index contributed by atoms with van der Waals surface area (Å²) in [6.07, 6.45) is 6.02. The Morgan fingerprint density at radius 3 is 2.91 bits per heavy atom. The Bertz CT molecular complexity index is 170. The van der Waals surface area contributed by atoms with E-state index in [1.165, 1.54) is 25.0 Å². The van der Waals surface area contributed by atoms with Crippen molar-refractivity contribution < 1.29 is 0 Å². The van der Waals surface area contributed by atoms with Crippen LogP contribution in [-0.2, 0) is 6.42 Å². The molecule has 0 N–H and O–H groups in total. The zero-order valence-electron chi connectivity index (χ0n) is 6.75. The topological polar surface area (TPSA) is 12.9 Å². The van der Waals surface area contributed by atoms with Crippen molar-refractivity contribution in [2.45, 2.75) is 32.1 Å². The lowest BCUT2D eigenvalue weighted by Crippen LogP contribution is -1.84. The summed E-state index contributed by atoms with van der Waals surface area (Å²) in [7, 11) is 0. The van der Waals surface area contributed by atoms with Crippen molar-refractivity contribution in [3.05, 3.63) is 23.5 Å². The van der Waals surface area contributed by atoms with Crippen molar-refractivity contribution in [3.8, 4) is 0 Å². The third-order valence-electron chi connectivity index (χ3n) is 1.67. The lowest BCUT2D eigenvalue weighted by atomic mass is 10.1. The van der Waals surface area contributed by atoms with Gasteiger partial charge in [-0.3, -0.25) is 0 Å². The minimum atomic E-state index is 1.07. The second kappa shape index (κ2) is 5.30. The first-order chi connectivity index (χ1) is 5.43. The number of aromatic nitrogens is 1. The monoisotopic (exact) mass is 168 g/mol. The maximum atomic E-state index is 4.22. The van der Waals surface area contributed by atoms with E-state index < -0.39 is 0 Å². The van der Waals surface area contributed by atoms with Gasteiger partial charge in [-0.1, -0.05) is 26.2 Å². The molecule has 0 amide bonds. The van der Waals surface area contributed by atoms with E-state index in [4.69, 9.17) is 0 Å². The summed E-state index contributed by atoms with van der Waals surface area (Å²) in [6, 6.07) is 0. The number of hydrogen-bond acceptors (Lipinski definition) is 2. The SMILES string of the molecule is [CH2]CCCCCc1cscn1. The van der Waals surface area contributed by atoms with E-state index in [1.54, 1.807) is 11.3 Å². The van der Waals surface area contributed by atoms with Gasteiger partial charge in [-0.2, -0.15) is 0 Å². The minimum Gasteiger partial charge on any atom is -0.250 e. The van der Waals surface area contributed by atoms with E-state index in [-0.39, 0.29) is 0 Å². The molecule has 0 spiro atoms. The first-order valence-corrected chi connectivity index (χ1v) is 5.04. The number of rotatable bonds is 5. The Hall–Kier alpha value is -0.370. The van der Waals surface area contributed by atoms with Gasteiger partial charge in [-0.15, -0.1) is 11.3 Å². The number of unbranched alkanes of at least 4 members (excludes halogenated alkanes) is 3. The summed E-state index contributed by atoms with van der Waals surface area (Å²) >= 11 is 1.68. The molecule has 0 bridgehead atoms. The zero-order chi connectivity index (χ0) is 7.94. The lowest BCUT2D eigenvalue weighted by molar-refractivity contribution is 0.680. The van der Waals surface area contributed by atoms with Crippen LogP contribution >= 0.6 is 11.3 Å². The van der Waals surface area contributed by atoms with Crippen LogP contribution in [0, 0.1) is 6.92 Å². The Morgan fingerprint density at radius 2 is 2.27 bits per heavy atom. The quantitative estimate of drug-likeness (QED) is 0.616. The molecule has 1 nitrogen and oxygen atoms in total. The molecule has 1 radical (unpaired) electrons. The first-order valence-electron chi connectivity index (χ1n) is 4.10. The van der Waals surface area contributed by atoms with Crippen molar-refractivity contribution in [2.24, 2.45) is 0 Å². The highest BCUT2D eigenvalue weighted by atomic mass is 32.1. The molecule has 2 heteroatoms. The predicted molar refractivity (Wildman–Crippen MR) is 49.6 cm³/mol. The molecule has 1 aromatic rings. The summed E-state index contributed by atoms with van der Waals surface area (Å²) < 4.78 is 0. The molecule has 0 atom stereocenters. The molecule has 1 aromatic heterocycles. The van der Waals surface area contributed by atoms with E-state index in [9.17, 15) is 0 Å². The maximum absolute atomic E-state index is 4.22. The van der Waals surface area contributed by atoms with Crippen molar-refractivity contribution in [1.82, 2.24) is 4.98 Å². The average molecular weight is 168 g/mol. The second-order valence-corrected chi connectivity index (χ2v) is 3.36. The lowest BCUT2D eigenvalue weighted by Gasteiger charge is -1.95. The fourth-order valence-electron chi connectivity index (χ4n) is 1.02. The molecule has 0 aromatic carbocycles. The largest absolute Gasteiger partial charge is 0.250 e. The molecule has 61 valence electrons. The number of hydrogen-bond donors (Lipinski definition) is 0. The average Bonchev–Trinajstić information content (AvgIpc) is 2.50. The predicted octanol–water partition coefficient (Wildman–Crippen LogP) is 3.08. The molecule has 0 aliphatic heterocycles. The summed E-state index contributed by atoms with van der Waals surface area (Å²) in [5, 5.41) is 2.13. The van der Waals surface area contributed by atoms with E-state index in [1.807, 2.05) is 5.51 Å². The standard InChI is InChI=1S/C9H14NS/c1-2-3-4-5-6-9-7-11-8-10-9/h7-8H,1-6H2. The van der Waals surface area contributed by atoms with Crippen LogP contribution in [0.2, 0.25) is 0 Å². The summed E-state index contributed by atoms with van der Waals surface area (Å²) in [5.74, 6) is 0. The number of thiazole rings is 1. The Labute approximate surface area is 72.5 Å². The van der Waals surface area contributed by atoms with Crippen LogP contribution in [0.15, 0.2) is 10.9 Å². The van der Waals surface area contributed by atoms with Gasteiger partial charge < -0.3 is 0 Å². The summed E-state index contributed by atoms with van der Waals surface area (Å²) in [6.45, 7) is 3.81. The molecule has 0 saturated heterocycles. The summed E-state index contributed by atoms with van der Waals surface area (Å²) in [4.78, 5) is 4.22. The highest BCUT2D eigenvalue weighted by molar-refractivity contribution is 7.07. The molecular weight excluding hydrogens is 154 g/mol. The highest BCUT2D eigenvalue weighted by Gasteiger charge is 1.93. The normalized spacial score (nSPS) is 10.3. The highest BCUT2D eigenvalue weighted by Crippen LogP contribution is 2.07. The molecule has 0 aliphatic carbocycles. The fraction of sp³-hybridized carbons (Fsp3) is 0.556. The third-order valence-corrected chi connectivity index (χ3v) is 2.30. The van der Waals surface area contributed by atoms with Gasteiger partial charge in [0.2, 0.25) is 0 Å². The fourth-order valence-corrected chi connectivity index (χ4v) is 1.61. The van der Waals surface area contributed by atoms with Crippen LogP contribution in [0.5, 0.6) is 0 Å². The molecule has 0 fully saturated rings. The molecule has 1 heterocycles. The Morgan fingerprint density at radius 1 is 1.36 bits per heavy atom. The zero-order valence-corrected chi connectivity index (χ0v) is 7.57. The minimum absolute atomic E-state index is 1.07. The first kappa shape index (κ1) is 8.72. The van der Waals surface area contributed by atoms with Gasteiger partial charge in [0.05, 0.1) is 11.2 Å². The van der Waals surface area contributed by atoms with Crippen molar-refractivity contribution in [3.63, 3.8) is 0 Å². The van der Waals surface area contributed by atoms with Gasteiger partial charge in [-0.05, 0) is 12.8 Å². The molecule has 0 aliphatic rings. The Kier molecular flexibility index (Phi) is 4.21. The van der Waals surface area contributed by atoms with Crippen LogP contribution in [-0.4, -0.2) is 4.98 Å². The Balaban J connectivity index is 2.04.